The lowest BCUT2D eigenvalue weighted by atomic mass is 10.3. The monoisotopic (exact) mass is 328 g/mol. The van der Waals surface area contributed by atoms with Gasteiger partial charge in [-0.2, -0.15) is 13.2 Å². The first kappa shape index (κ1) is 14.7. The Morgan fingerprint density at radius 1 is 1.33 bits per heavy atom. The largest absolute Gasteiger partial charge is 0.405 e. The van der Waals surface area contributed by atoms with Gasteiger partial charge in [0.1, 0.15) is 12.4 Å². The third-order valence-electron chi connectivity index (χ3n) is 1.86. The van der Waals surface area contributed by atoms with E-state index in [1.807, 2.05) is 0 Å². The van der Waals surface area contributed by atoms with Crippen molar-refractivity contribution in [2.45, 2.75) is 6.18 Å². The van der Waals surface area contributed by atoms with Crippen LogP contribution >= 0.6 is 15.9 Å². The van der Waals surface area contributed by atoms with Crippen molar-refractivity contribution in [2.24, 2.45) is 0 Å². The molecular formula is C10H9BrF4N2O. The zero-order valence-electron chi connectivity index (χ0n) is 8.94. The Labute approximate surface area is 109 Å². The van der Waals surface area contributed by atoms with Gasteiger partial charge in [0.25, 0.3) is 0 Å². The Hall–Kier alpha value is -1.31. The molecule has 1 amide bonds. The predicted octanol–water partition coefficient (Wildman–Crippen LogP) is 2.68. The van der Waals surface area contributed by atoms with E-state index in [0.29, 0.717) is 5.69 Å². The molecule has 0 bridgehead atoms. The number of nitrogens with one attached hydrogen (secondary N) is 2. The van der Waals surface area contributed by atoms with Crippen LogP contribution in [0.3, 0.4) is 0 Å². The first-order valence-corrected chi connectivity index (χ1v) is 5.59. The predicted molar refractivity (Wildman–Crippen MR) is 61.7 cm³/mol. The van der Waals surface area contributed by atoms with E-state index in [4.69, 9.17) is 0 Å². The average molecular weight is 329 g/mol. The normalized spacial score (nSPS) is 11.2. The summed E-state index contributed by atoms with van der Waals surface area (Å²) >= 11 is 2.95. The molecule has 0 atom stereocenters. The molecular weight excluding hydrogens is 320 g/mol. The van der Waals surface area contributed by atoms with Crippen LogP contribution in [0.2, 0.25) is 0 Å². The highest BCUT2D eigenvalue weighted by atomic mass is 79.9. The molecule has 0 aliphatic heterocycles. The van der Waals surface area contributed by atoms with E-state index < -0.39 is 24.4 Å². The van der Waals surface area contributed by atoms with Crippen LogP contribution in [0.4, 0.5) is 23.2 Å². The number of halogens is 5. The molecule has 3 nitrogen and oxygen atoms in total. The van der Waals surface area contributed by atoms with Gasteiger partial charge >= 0.3 is 6.18 Å². The first-order chi connectivity index (χ1) is 8.28. The minimum atomic E-state index is -4.44. The second-order valence-electron chi connectivity index (χ2n) is 3.37. The highest BCUT2D eigenvalue weighted by molar-refractivity contribution is 9.10. The number of carbonyl (C=O) groups excluding carboxylic acids is 1. The molecule has 8 heteroatoms. The number of carbonyl (C=O) groups is 1. The number of amides is 1. The molecule has 0 unspecified atom stereocenters. The maximum atomic E-state index is 12.9. The molecule has 0 aliphatic carbocycles. The summed E-state index contributed by atoms with van der Waals surface area (Å²) in [4.78, 5) is 11.1. The maximum absolute atomic E-state index is 12.9. The summed E-state index contributed by atoms with van der Waals surface area (Å²) in [5.41, 5.74) is 0.422. The van der Waals surface area contributed by atoms with Gasteiger partial charge in [-0.25, -0.2) is 4.39 Å². The Balaban J connectivity index is 2.40. The summed E-state index contributed by atoms with van der Waals surface area (Å²) in [6.45, 7) is -1.70. The maximum Gasteiger partial charge on any atom is 0.405 e. The fraction of sp³-hybridized carbons (Fsp3) is 0.300. The lowest BCUT2D eigenvalue weighted by Crippen LogP contribution is -2.37. The van der Waals surface area contributed by atoms with E-state index in [-0.39, 0.29) is 11.0 Å². The van der Waals surface area contributed by atoms with Crippen LogP contribution in [0, 0.1) is 5.82 Å². The molecule has 0 heterocycles. The van der Waals surface area contributed by atoms with Crippen LogP contribution in [0.1, 0.15) is 0 Å². The number of rotatable bonds is 4. The zero-order valence-corrected chi connectivity index (χ0v) is 10.5. The van der Waals surface area contributed by atoms with Crippen LogP contribution < -0.4 is 10.6 Å². The highest BCUT2D eigenvalue weighted by Gasteiger charge is 2.27. The van der Waals surface area contributed by atoms with Crippen molar-refractivity contribution in [3.63, 3.8) is 0 Å². The second kappa shape index (κ2) is 6.03. The Kier molecular flexibility index (Phi) is 4.94. The summed E-state index contributed by atoms with van der Waals surface area (Å²) in [5.74, 6) is -1.27. The van der Waals surface area contributed by atoms with Crippen molar-refractivity contribution in [1.29, 1.82) is 0 Å². The third-order valence-corrected chi connectivity index (χ3v) is 2.47. The highest BCUT2D eigenvalue weighted by Crippen LogP contribution is 2.19. The van der Waals surface area contributed by atoms with E-state index in [1.165, 1.54) is 18.2 Å². The molecule has 0 aliphatic rings. The SMILES string of the molecule is O=C(CNc1ccc(F)c(Br)c1)NCC(F)(F)F. The van der Waals surface area contributed by atoms with Gasteiger partial charge in [0.15, 0.2) is 0 Å². The fourth-order valence-corrected chi connectivity index (χ4v) is 1.43. The van der Waals surface area contributed by atoms with Gasteiger partial charge in [0, 0.05) is 5.69 Å². The van der Waals surface area contributed by atoms with E-state index in [0.717, 1.165) is 0 Å². The number of anilines is 1. The molecule has 2 N–H and O–H groups in total. The number of hydrogen-bond acceptors (Lipinski definition) is 2. The van der Waals surface area contributed by atoms with Gasteiger partial charge in [-0.3, -0.25) is 4.79 Å². The van der Waals surface area contributed by atoms with Crippen LogP contribution in [0.15, 0.2) is 22.7 Å². The van der Waals surface area contributed by atoms with Crippen LogP contribution in [-0.2, 0) is 4.79 Å². The molecule has 1 rings (SSSR count). The molecule has 0 fully saturated rings. The molecule has 0 radical (unpaired) electrons. The third kappa shape index (κ3) is 5.35. The number of hydrogen-bond donors (Lipinski definition) is 2. The first-order valence-electron chi connectivity index (χ1n) is 4.80. The van der Waals surface area contributed by atoms with Crippen LogP contribution in [0.25, 0.3) is 0 Å². The van der Waals surface area contributed by atoms with Crippen molar-refractivity contribution in [3.8, 4) is 0 Å². The standard InChI is InChI=1S/C10H9BrF4N2O/c11-7-3-6(1-2-8(7)12)16-4-9(18)17-5-10(13,14)15/h1-3,16H,4-5H2,(H,17,18). The molecule has 18 heavy (non-hydrogen) atoms. The van der Waals surface area contributed by atoms with E-state index in [9.17, 15) is 22.4 Å². The minimum Gasteiger partial charge on any atom is -0.376 e. The van der Waals surface area contributed by atoms with Crippen LogP contribution in [-0.4, -0.2) is 25.2 Å². The lowest BCUT2D eigenvalue weighted by Gasteiger charge is -2.10. The Morgan fingerprint density at radius 2 is 2.00 bits per heavy atom. The van der Waals surface area contributed by atoms with Gasteiger partial charge in [-0.15, -0.1) is 0 Å². The molecule has 100 valence electrons. The van der Waals surface area contributed by atoms with Crippen molar-refractivity contribution in [1.82, 2.24) is 5.32 Å². The van der Waals surface area contributed by atoms with Gasteiger partial charge in [-0.05, 0) is 34.1 Å². The molecule has 0 aromatic heterocycles. The van der Waals surface area contributed by atoms with Crippen molar-refractivity contribution < 1.29 is 22.4 Å². The average Bonchev–Trinajstić information content (AvgIpc) is 2.27. The van der Waals surface area contributed by atoms with Gasteiger partial charge < -0.3 is 10.6 Å². The molecule has 0 saturated heterocycles. The van der Waals surface area contributed by atoms with E-state index in [2.05, 4.69) is 21.2 Å². The van der Waals surface area contributed by atoms with Crippen LogP contribution in [0.5, 0.6) is 0 Å². The number of alkyl halides is 3. The lowest BCUT2D eigenvalue weighted by molar-refractivity contribution is -0.137. The zero-order chi connectivity index (χ0) is 13.8. The van der Waals surface area contributed by atoms with Crippen molar-refractivity contribution in [3.05, 3.63) is 28.5 Å². The topological polar surface area (TPSA) is 41.1 Å². The van der Waals surface area contributed by atoms with Gasteiger partial charge in [-0.1, -0.05) is 0 Å². The molecule has 0 saturated carbocycles. The summed E-state index contributed by atoms with van der Waals surface area (Å²) in [6, 6.07) is 3.92. The summed E-state index contributed by atoms with van der Waals surface area (Å²) in [7, 11) is 0. The smallest absolute Gasteiger partial charge is 0.376 e. The number of benzene rings is 1. The van der Waals surface area contributed by atoms with Crippen molar-refractivity contribution in [2.75, 3.05) is 18.4 Å². The molecule has 1 aromatic carbocycles. The Morgan fingerprint density at radius 3 is 2.56 bits per heavy atom. The molecule has 1 aromatic rings. The van der Waals surface area contributed by atoms with E-state index in [1.54, 1.807) is 5.32 Å². The fourth-order valence-electron chi connectivity index (χ4n) is 1.05. The Bertz CT molecular complexity index is 436. The van der Waals surface area contributed by atoms with Gasteiger partial charge in [0.05, 0.1) is 11.0 Å². The minimum absolute atomic E-state index is 0.197. The van der Waals surface area contributed by atoms with Crippen molar-refractivity contribution >= 4 is 27.5 Å². The summed E-state index contributed by atoms with van der Waals surface area (Å²) in [6.07, 6.45) is -4.44. The molecule has 0 spiro atoms. The van der Waals surface area contributed by atoms with Gasteiger partial charge in [0.2, 0.25) is 5.91 Å². The summed E-state index contributed by atoms with van der Waals surface area (Å²) < 4.78 is 48.4. The second-order valence-corrected chi connectivity index (χ2v) is 4.23. The quantitative estimate of drug-likeness (QED) is 0.834. The van der Waals surface area contributed by atoms with E-state index >= 15 is 0 Å². The summed E-state index contributed by atoms with van der Waals surface area (Å²) in [5, 5.41) is 4.28.